The molecule has 0 atom stereocenters. The molecule has 0 N–H and O–H groups in total. The van der Waals surface area contributed by atoms with Crippen molar-refractivity contribution in [2.75, 3.05) is 0 Å². The zero-order valence-corrected chi connectivity index (χ0v) is 62.6. The van der Waals surface area contributed by atoms with E-state index in [4.69, 9.17) is 59.1 Å². The SMILES string of the molecule is Cc1ccc(-c2cc3n(n2)c2cc(-c4ccc(C)o4)nn2c2cc(-c4ccc(C)o4)nn32)o1.c1ccc(-c2ccc(-c3cc4n(n3)c3cc(-c5ccc(-c6ccccc6)s5)nn3c3cc(-c5ccc(-c6ccccc6)s5)nn43)s2)cc1.c1cnc(-c2cc3n(n2)c2cc(-c4cnccn4)nn2c2cc(-c4cnccn4)nn32)cn1. The maximum Gasteiger partial charge on any atom is 0.162 e. The molecule has 546 valence electrons. The Morgan fingerprint density at radius 3 is 0.684 bits per heavy atom. The molecule has 0 fully saturated rings. The fraction of sp³-hybridized carbons (Fsp3) is 0.0357. The molecule has 0 amide bonds. The van der Waals surface area contributed by atoms with Crippen LogP contribution in [0.3, 0.4) is 0 Å². The van der Waals surface area contributed by atoms with Gasteiger partial charge in [0, 0.05) is 106 Å². The van der Waals surface area contributed by atoms with E-state index in [-0.39, 0.29) is 0 Å². The normalized spacial score (nSPS) is 11.8. The van der Waals surface area contributed by atoms with Crippen molar-refractivity contribution in [2.45, 2.75) is 20.8 Å². The summed E-state index contributed by atoms with van der Waals surface area (Å²) in [5.74, 6) is 4.55. The van der Waals surface area contributed by atoms with Crippen LogP contribution in [-0.2, 0) is 0 Å². The van der Waals surface area contributed by atoms with Gasteiger partial charge in [-0.2, -0.15) is 86.5 Å². The summed E-state index contributed by atoms with van der Waals surface area (Å²) in [6.45, 7) is 5.74. The summed E-state index contributed by atoms with van der Waals surface area (Å²) in [6.07, 6.45) is 14.8. The van der Waals surface area contributed by atoms with E-state index in [0.29, 0.717) is 68.5 Å². The van der Waals surface area contributed by atoms with Gasteiger partial charge >= 0.3 is 0 Å². The molecule has 24 rings (SSSR count). The van der Waals surface area contributed by atoms with Crippen molar-refractivity contribution in [3.8, 4) is 132 Å². The smallest absolute Gasteiger partial charge is 0.162 e. The highest BCUT2D eigenvalue weighted by molar-refractivity contribution is 7.19. The average molecular weight is 1540 g/mol. The van der Waals surface area contributed by atoms with Gasteiger partial charge in [-0.15, -0.1) is 34.0 Å². The van der Waals surface area contributed by atoms with Crippen LogP contribution in [0.4, 0.5) is 0 Å². The van der Waals surface area contributed by atoms with Crippen LogP contribution < -0.4 is 0 Å². The first-order chi connectivity index (χ1) is 56.1. The fourth-order valence-corrected chi connectivity index (χ4v) is 16.9. The van der Waals surface area contributed by atoms with Crippen molar-refractivity contribution in [3.05, 3.63) is 291 Å². The molecule has 0 unspecified atom stereocenters. The number of aromatic nitrogens is 24. The lowest BCUT2D eigenvalue weighted by Gasteiger charge is -2.01. The number of rotatable bonds is 12. The van der Waals surface area contributed by atoms with Gasteiger partial charge in [0.15, 0.2) is 68.1 Å². The van der Waals surface area contributed by atoms with Crippen LogP contribution in [-0.4, -0.2) is 116 Å². The molecule has 0 saturated heterocycles. The van der Waals surface area contributed by atoms with Crippen LogP contribution >= 0.6 is 34.0 Å². The first kappa shape index (κ1) is 65.8. The highest BCUT2D eigenvalue weighted by atomic mass is 32.1. The Morgan fingerprint density at radius 1 is 0.219 bits per heavy atom. The highest BCUT2D eigenvalue weighted by Crippen LogP contribution is 2.40. The van der Waals surface area contributed by atoms with Gasteiger partial charge in [0.25, 0.3) is 0 Å². The largest absolute Gasteiger partial charge is 0.460 e. The Bertz CT molecular complexity index is 6720. The number of benzene rings is 3. The van der Waals surface area contributed by atoms with Gasteiger partial charge in [0.1, 0.15) is 85.6 Å². The van der Waals surface area contributed by atoms with E-state index >= 15 is 0 Å². The number of hydrogen-bond acceptors (Lipinski definition) is 21. The number of furan rings is 3. The summed E-state index contributed by atoms with van der Waals surface area (Å²) in [6, 6.07) is 74.0. The molecule has 0 aliphatic rings. The second-order valence-electron chi connectivity index (χ2n) is 26.8. The van der Waals surface area contributed by atoms with Gasteiger partial charge < -0.3 is 13.3 Å². The molecule has 3 aromatic carbocycles. The predicted octanol–water partition coefficient (Wildman–Crippen LogP) is 18.2. The van der Waals surface area contributed by atoms with Crippen molar-refractivity contribution in [3.63, 3.8) is 0 Å². The van der Waals surface area contributed by atoms with Crippen LogP contribution in [0.25, 0.3) is 182 Å². The summed E-state index contributed by atoms with van der Waals surface area (Å²) >= 11 is 5.24. The molecular weight excluding hydrogens is 1490 g/mol. The van der Waals surface area contributed by atoms with E-state index < -0.39 is 0 Å². The lowest BCUT2D eigenvalue weighted by molar-refractivity contribution is 0.545. The molecule has 21 heterocycles. The van der Waals surface area contributed by atoms with Gasteiger partial charge in [0.05, 0.1) is 33.2 Å². The Morgan fingerprint density at radius 2 is 0.447 bits per heavy atom. The fourth-order valence-electron chi connectivity index (χ4n) is 14.0. The molecular formula is C84H54N24O3S3. The van der Waals surface area contributed by atoms with Gasteiger partial charge in [-0.25, -0.2) is 0 Å². The molecule has 0 aliphatic heterocycles. The second kappa shape index (κ2) is 26.5. The molecule has 21 aromatic heterocycles. The Kier molecular flexibility index (Phi) is 15.3. The third kappa shape index (κ3) is 11.4. The number of thiophene rings is 3. The Labute approximate surface area is 654 Å². The summed E-state index contributed by atoms with van der Waals surface area (Å²) < 4.78 is 34.2. The third-order valence-corrected chi connectivity index (χ3v) is 22.8. The van der Waals surface area contributed by atoms with E-state index in [1.165, 1.54) is 31.3 Å². The quantitative estimate of drug-likeness (QED) is 0.110. The number of nitrogens with zero attached hydrogens (tertiary/aromatic N) is 24. The lowest BCUT2D eigenvalue weighted by Crippen LogP contribution is -2.04. The Hall–Kier alpha value is -15.3. The van der Waals surface area contributed by atoms with Gasteiger partial charge in [0.2, 0.25) is 0 Å². The maximum atomic E-state index is 5.82. The molecule has 30 heteroatoms. The summed E-state index contributed by atoms with van der Waals surface area (Å²) in [4.78, 5) is 32.6. The third-order valence-electron chi connectivity index (χ3n) is 19.4. The Balaban J connectivity index is 0.000000107. The minimum absolute atomic E-state index is 0.655. The maximum absolute atomic E-state index is 5.82. The molecule has 0 bridgehead atoms. The van der Waals surface area contributed by atoms with Gasteiger partial charge in [-0.05, 0) is 110 Å². The van der Waals surface area contributed by atoms with E-state index in [1.54, 1.807) is 103 Å². The first-order valence-electron chi connectivity index (χ1n) is 36.0. The lowest BCUT2D eigenvalue weighted by atomic mass is 10.2. The molecule has 24 aromatic rings. The van der Waals surface area contributed by atoms with Crippen molar-refractivity contribution >= 4 is 84.8 Å². The summed E-state index contributed by atoms with van der Waals surface area (Å²) in [5.41, 5.74) is 19.6. The minimum Gasteiger partial charge on any atom is -0.460 e. The predicted molar refractivity (Wildman–Crippen MR) is 435 cm³/mol. The molecule has 0 aliphatic carbocycles. The monoisotopic (exact) mass is 1540 g/mol. The van der Waals surface area contributed by atoms with Gasteiger partial charge in [-0.1, -0.05) is 91.0 Å². The van der Waals surface area contributed by atoms with Crippen LogP contribution in [0, 0.1) is 20.8 Å². The van der Waals surface area contributed by atoms with Crippen LogP contribution in [0.1, 0.15) is 17.3 Å². The topological polar surface area (TPSA) is 272 Å². The molecule has 0 radical (unpaired) electrons. The van der Waals surface area contributed by atoms with E-state index in [2.05, 4.69) is 157 Å². The summed E-state index contributed by atoms with van der Waals surface area (Å²) in [7, 11) is 0. The second-order valence-corrected chi connectivity index (χ2v) is 30.0. The molecule has 0 saturated carbocycles. The zero-order valence-electron chi connectivity index (χ0n) is 60.2. The van der Waals surface area contributed by atoms with Crippen LogP contribution in [0.15, 0.2) is 287 Å². The number of fused-ring (bicyclic) bond motifs is 18. The van der Waals surface area contributed by atoms with Crippen molar-refractivity contribution in [2.24, 2.45) is 0 Å². The van der Waals surface area contributed by atoms with Crippen LogP contribution in [0.5, 0.6) is 0 Å². The highest BCUT2D eigenvalue weighted by Gasteiger charge is 2.26. The minimum atomic E-state index is 0.655. The molecule has 114 heavy (non-hydrogen) atoms. The first-order valence-corrected chi connectivity index (χ1v) is 38.5. The standard InChI is InChI=1S/C39H24N6S3.C24H18N6O3.C21H12N12/c1-4-10-25(11-5-1)31-16-19-34(46-31)28-22-37-43(40-28)38-23-29(35-20-17-32(47-35)26-12-6-2-7-13-26)42-45(38)39-24-30(41-44(37)39)36-21-18-33(48-36)27-14-8-3-9-15-27;1-13-4-7-19(31-13)16-10-22-28(25-16)23-11-17(20-8-5-14(2)32-20)27-30(23)24-12-18(26-29(22)24)21-9-6-15(3)33-21;1-4-25-16(10-22-1)13-7-19-31(28-13)20-8-14(17-11-23-2-5-26-17)30-33(20)21-9-15(29-32(19)21)18-12-24-3-6-27-18/h1-24H;4-12H,1-3H3;1-12H. The van der Waals surface area contributed by atoms with Gasteiger partial charge in [-0.3, -0.25) is 29.9 Å². The molecule has 27 nitrogen and oxygen atoms in total. The average Bonchev–Trinajstić information content (AvgIpc) is 1.58. The number of hydrogen-bond donors (Lipinski definition) is 0. The van der Waals surface area contributed by atoms with Crippen molar-refractivity contribution in [1.29, 1.82) is 0 Å². The zero-order chi connectivity index (χ0) is 75.6. The van der Waals surface area contributed by atoms with E-state index in [0.717, 1.165) is 99.8 Å². The van der Waals surface area contributed by atoms with Crippen molar-refractivity contribution < 1.29 is 13.3 Å². The molecule has 0 spiro atoms. The van der Waals surface area contributed by atoms with Crippen molar-refractivity contribution in [1.82, 2.24) is 116 Å². The number of aryl methyl sites for hydroxylation is 3. The summed E-state index contributed by atoms with van der Waals surface area (Å²) in [5, 5.41) is 44.3. The van der Waals surface area contributed by atoms with E-state index in [1.807, 2.05) is 139 Å². The van der Waals surface area contributed by atoms with E-state index in [9.17, 15) is 0 Å². The van der Waals surface area contributed by atoms with Crippen LogP contribution in [0.2, 0.25) is 0 Å².